The third-order valence-electron chi connectivity index (χ3n) is 14.5. The smallest absolute Gasteiger partial charge is 0.311 e. The van der Waals surface area contributed by atoms with Gasteiger partial charge in [-0.25, -0.2) is 0 Å². The highest BCUT2D eigenvalue weighted by Crippen LogP contribution is 2.38. The number of ether oxygens (including phenoxy) is 6. The number of esters is 3. The second-order valence-electron chi connectivity index (χ2n) is 20.9. The van der Waals surface area contributed by atoms with Crippen molar-refractivity contribution in [3.8, 4) is 0 Å². The topological polar surface area (TPSA) is 349 Å². The van der Waals surface area contributed by atoms with Crippen LogP contribution in [0.1, 0.15) is 105 Å². The number of hydrogen-bond acceptors (Lipinski definition) is 21. The number of nitrogens with zero attached hydrogens (tertiary/aromatic N) is 1. The van der Waals surface area contributed by atoms with Gasteiger partial charge in [-0.3, -0.25) is 24.1 Å². The molecule has 0 aromatic rings. The fraction of sp³-hybridized carbons (Fsp3) is 0.684. The van der Waals surface area contributed by atoms with Gasteiger partial charge in [0.25, 0.3) is 0 Å². The van der Waals surface area contributed by atoms with E-state index in [1.165, 1.54) is 20.3 Å². The first-order valence-corrected chi connectivity index (χ1v) is 27.2. The summed E-state index contributed by atoms with van der Waals surface area (Å²) in [5, 5.41) is 122. The molecule has 2 bridgehead atoms. The number of carbonyl (C=O) groups excluding carboxylic acids is 3. The number of allylic oxidation sites excluding steroid dienone is 12. The molecule has 0 aliphatic carbocycles. The van der Waals surface area contributed by atoms with Gasteiger partial charge in [0, 0.05) is 50.4 Å². The minimum Gasteiger partial charge on any atom is -0.481 e. The number of aliphatic carboxylic acids is 1. The van der Waals surface area contributed by atoms with Crippen molar-refractivity contribution in [1.82, 2.24) is 4.90 Å². The predicted octanol–water partition coefficient (Wildman–Crippen LogP) is 1.96. The number of carboxylic acid groups (broad SMARTS) is 1. The molecule has 0 spiro atoms. The van der Waals surface area contributed by atoms with Gasteiger partial charge in [0.1, 0.15) is 18.1 Å². The lowest BCUT2D eigenvalue weighted by molar-refractivity contribution is -0.312. The molecule has 3 aliphatic rings. The van der Waals surface area contributed by atoms with Gasteiger partial charge in [-0.05, 0) is 59.0 Å². The Hall–Kier alpha value is -4.50. The number of carbonyl (C=O) groups is 4. The maximum absolute atomic E-state index is 12.8. The van der Waals surface area contributed by atoms with Gasteiger partial charge >= 0.3 is 23.9 Å². The Morgan fingerprint density at radius 3 is 1.72 bits per heavy atom. The van der Waals surface area contributed by atoms with Crippen molar-refractivity contribution in [3.05, 3.63) is 85.1 Å². The first kappa shape index (κ1) is 68.8. The Morgan fingerprint density at radius 2 is 1.18 bits per heavy atom. The summed E-state index contributed by atoms with van der Waals surface area (Å²) in [6, 6.07) is -1.08. The van der Waals surface area contributed by atoms with Crippen LogP contribution in [-0.4, -0.2) is 210 Å². The molecule has 79 heavy (non-hydrogen) atoms. The van der Waals surface area contributed by atoms with Gasteiger partial charge < -0.3 is 84.6 Å². The van der Waals surface area contributed by atoms with Crippen molar-refractivity contribution < 1.29 is 104 Å². The largest absolute Gasteiger partial charge is 0.481 e. The second kappa shape index (κ2) is 35.4. The molecule has 22 nitrogen and oxygen atoms in total. The van der Waals surface area contributed by atoms with Crippen LogP contribution < -0.4 is 0 Å². The minimum absolute atomic E-state index is 0.0174. The summed E-state index contributed by atoms with van der Waals surface area (Å²) in [5.41, 5.74) is 0. The first-order chi connectivity index (χ1) is 37.4. The zero-order valence-electron chi connectivity index (χ0n) is 46.3. The molecule has 0 saturated carbocycles. The molecule has 3 rings (SSSR count). The third-order valence-corrected chi connectivity index (χ3v) is 14.5. The fourth-order valence-electron chi connectivity index (χ4n) is 9.81. The average Bonchev–Trinajstić information content (AvgIpc) is 3.42. The number of aliphatic hydroxyl groups is 10. The zero-order valence-corrected chi connectivity index (χ0v) is 46.3. The van der Waals surface area contributed by atoms with E-state index < -0.39 is 165 Å². The molecular weight excluding hydrogens is 1030 g/mol. The maximum Gasteiger partial charge on any atom is 0.311 e. The molecule has 0 radical (unpaired) electrons. The highest BCUT2D eigenvalue weighted by Gasteiger charge is 2.51. The first-order valence-electron chi connectivity index (χ1n) is 27.2. The van der Waals surface area contributed by atoms with E-state index in [1.54, 1.807) is 98.6 Å². The summed E-state index contributed by atoms with van der Waals surface area (Å²) >= 11 is 0. The van der Waals surface area contributed by atoms with Crippen LogP contribution >= 0.6 is 0 Å². The van der Waals surface area contributed by atoms with Crippen molar-refractivity contribution >= 4 is 23.9 Å². The molecule has 19 atom stereocenters. The Bertz CT molecular complexity index is 2040. The molecule has 22 heteroatoms. The van der Waals surface area contributed by atoms with E-state index in [-0.39, 0.29) is 64.0 Å². The summed E-state index contributed by atoms with van der Waals surface area (Å²) in [6.45, 7) is 7.09. The van der Waals surface area contributed by atoms with Crippen LogP contribution in [0.25, 0.3) is 0 Å². The van der Waals surface area contributed by atoms with Gasteiger partial charge in [0.2, 0.25) is 0 Å². The van der Waals surface area contributed by atoms with Crippen molar-refractivity contribution in [2.75, 3.05) is 27.3 Å². The quantitative estimate of drug-likeness (QED) is 0.0983. The molecule has 448 valence electrons. The van der Waals surface area contributed by atoms with E-state index in [4.69, 9.17) is 28.4 Å². The number of hydrogen-bond donors (Lipinski definition) is 11. The monoisotopic (exact) mass is 1120 g/mol. The van der Waals surface area contributed by atoms with Crippen molar-refractivity contribution in [1.29, 1.82) is 0 Å². The Kier molecular flexibility index (Phi) is 30.8. The number of fused-ring (bicyclic) bond motifs is 2. The Labute approximate surface area is 463 Å². The van der Waals surface area contributed by atoms with Crippen LogP contribution in [-0.2, 0) is 47.6 Å². The van der Waals surface area contributed by atoms with Crippen molar-refractivity contribution in [3.63, 3.8) is 0 Å². The molecule has 0 amide bonds. The van der Waals surface area contributed by atoms with Gasteiger partial charge in [0.15, 0.2) is 12.1 Å². The van der Waals surface area contributed by atoms with Crippen molar-refractivity contribution in [2.24, 2.45) is 17.8 Å². The number of cyclic esters (lactones) is 1. The van der Waals surface area contributed by atoms with Crippen LogP contribution in [0.2, 0.25) is 0 Å². The molecule has 2 fully saturated rings. The second-order valence-corrected chi connectivity index (χ2v) is 20.9. The SMILES string of the molecule is COC(=O)CCCN(CCCC(=O)OC)[C@@H]1[C@H](O)[C@H](O[C@H]2C=CC=CC=CC=CC=CC=CC=C[C@H](C)[C@@H](O)[C@@H](C)[C@H](C)OC(=O)C[C@H](O)C[C@H](O)CC[C@@H](O)[C@H](O)C[C@H](O)C[C@]3(O)C[C@H](O)[C@@H](C(=O)O)[C@H](C2)O3)O[C@H](C)[C@H]1O. The summed E-state index contributed by atoms with van der Waals surface area (Å²) in [6.07, 6.45) is 2.64. The predicted molar refractivity (Wildman–Crippen MR) is 287 cm³/mol. The molecule has 3 heterocycles. The van der Waals surface area contributed by atoms with Gasteiger partial charge in [-0.2, -0.15) is 0 Å². The normalized spacial score (nSPS) is 36.6. The summed E-state index contributed by atoms with van der Waals surface area (Å²) in [7, 11) is 2.50. The molecular formula is C57H89NO21. The average molecular weight is 1120 g/mol. The van der Waals surface area contributed by atoms with Crippen LogP contribution in [0.15, 0.2) is 85.1 Å². The number of carboxylic acids is 1. The molecule has 2 saturated heterocycles. The number of aliphatic hydroxyl groups excluding tert-OH is 9. The lowest BCUT2D eigenvalue weighted by Crippen LogP contribution is -2.64. The minimum atomic E-state index is -2.40. The highest BCUT2D eigenvalue weighted by molar-refractivity contribution is 5.72. The lowest BCUT2D eigenvalue weighted by Gasteiger charge is -2.47. The Balaban J connectivity index is 1.98. The lowest BCUT2D eigenvalue weighted by atomic mass is 9.82. The van der Waals surface area contributed by atoms with E-state index in [2.05, 4.69) is 0 Å². The molecule has 3 aliphatic heterocycles. The standard InChI is InChI=1S/C57H89NO21/c1-35-21-17-15-13-11-9-7-8-10-12-14-16-18-22-42(78-56-54(70)51(53(69)38(4)77-56)58(27-19-23-47(65)74-5)28-20-24-48(66)75-6)32-46-50(55(71)72)45(64)34-57(73,79-46)33-41(61)30-44(63)43(62)26-25-39(59)29-40(60)31-49(67)76-37(3)36(2)52(35)68/h7-18,21-22,35-46,50-54,56,59-64,68-70,73H,19-20,23-34H2,1-6H3,(H,71,72)/t35-,36-,37-,38+,39+,40+,41-,42-,43+,44+,45-,46-,50+,51-,52+,53+,54-,56-,57+/m0/s1. The van der Waals surface area contributed by atoms with E-state index in [9.17, 15) is 75.3 Å². The van der Waals surface area contributed by atoms with Crippen LogP contribution in [0.5, 0.6) is 0 Å². The van der Waals surface area contributed by atoms with E-state index in [1.807, 2.05) is 13.0 Å². The molecule has 0 aromatic carbocycles. The van der Waals surface area contributed by atoms with E-state index in [0.29, 0.717) is 0 Å². The number of rotatable bonds is 12. The molecule has 0 aromatic heterocycles. The zero-order chi connectivity index (χ0) is 58.8. The highest BCUT2D eigenvalue weighted by atomic mass is 16.7. The Morgan fingerprint density at radius 1 is 0.633 bits per heavy atom. The van der Waals surface area contributed by atoms with Crippen LogP contribution in [0.3, 0.4) is 0 Å². The summed E-state index contributed by atoms with van der Waals surface area (Å²) < 4.78 is 33.5. The van der Waals surface area contributed by atoms with Crippen LogP contribution in [0, 0.1) is 17.8 Å². The third kappa shape index (κ3) is 24.2. The van der Waals surface area contributed by atoms with E-state index in [0.717, 1.165) is 0 Å². The van der Waals surface area contributed by atoms with Gasteiger partial charge in [0.05, 0.1) is 93.8 Å². The van der Waals surface area contributed by atoms with E-state index >= 15 is 0 Å². The maximum atomic E-state index is 12.8. The summed E-state index contributed by atoms with van der Waals surface area (Å²) in [4.78, 5) is 51.3. The molecule has 0 unspecified atom stereocenters. The fourth-order valence-corrected chi connectivity index (χ4v) is 9.81. The van der Waals surface area contributed by atoms with Gasteiger partial charge in [-0.1, -0.05) is 98.9 Å². The summed E-state index contributed by atoms with van der Waals surface area (Å²) in [5.74, 6) is -8.03. The molecule has 11 N–H and O–H groups in total. The van der Waals surface area contributed by atoms with Crippen LogP contribution in [0.4, 0.5) is 0 Å². The number of methoxy groups -OCH3 is 2. The van der Waals surface area contributed by atoms with Crippen molar-refractivity contribution in [2.45, 2.75) is 202 Å². The van der Waals surface area contributed by atoms with Gasteiger partial charge in [-0.15, -0.1) is 0 Å².